The summed E-state index contributed by atoms with van der Waals surface area (Å²) in [6.45, 7) is 23.1. The first-order chi connectivity index (χ1) is 42.3. The van der Waals surface area contributed by atoms with Crippen LogP contribution in [0.5, 0.6) is 11.5 Å². The Morgan fingerprint density at radius 1 is 0.784 bits per heavy atom. The number of esters is 2. The highest BCUT2D eigenvalue weighted by atomic mass is 31.2. The predicted octanol–water partition coefficient (Wildman–Crippen LogP) is 10.2. The molecular weight excluding hydrogens is 1150 g/mol. The third-order valence-electron chi connectivity index (χ3n) is 15.7. The fourth-order valence-electron chi connectivity index (χ4n) is 11.0. The fourth-order valence-corrected chi connectivity index (χ4v) is 12.7. The van der Waals surface area contributed by atoms with E-state index >= 15 is 0 Å². The number of hydrogen-bond donors (Lipinski definition) is 2. The first kappa shape index (κ1) is 70.5. The quantitative estimate of drug-likeness (QED) is 0.0108. The maximum Gasteiger partial charge on any atom is 0.330 e. The van der Waals surface area contributed by atoms with Gasteiger partial charge in [0, 0.05) is 82.5 Å². The Kier molecular flexibility index (Phi) is 28.5. The second-order valence-electron chi connectivity index (χ2n) is 22.7. The molecule has 0 saturated carbocycles. The Balaban J connectivity index is 1.05. The van der Waals surface area contributed by atoms with Crippen LogP contribution in [0.15, 0.2) is 101 Å². The van der Waals surface area contributed by atoms with E-state index in [1.807, 2.05) is 120 Å². The number of aromatic amines is 1. The molecule has 0 bridgehead atoms. The number of ether oxygens (including phenoxy) is 8. The van der Waals surface area contributed by atoms with Crippen LogP contribution in [-0.2, 0) is 62.2 Å². The first-order valence-corrected chi connectivity index (χ1v) is 31.7. The summed E-state index contributed by atoms with van der Waals surface area (Å²) in [5.41, 5.74) is -0.160. The molecule has 2 N–H and O–H groups in total. The topological polar surface area (TPSA) is 235 Å². The van der Waals surface area contributed by atoms with Gasteiger partial charge in [-0.15, -0.1) is 0 Å². The summed E-state index contributed by atoms with van der Waals surface area (Å²) in [5, 5.41) is 2.88. The highest BCUT2D eigenvalue weighted by Gasteiger charge is 2.47. The molecule has 2 aliphatic heterocycles. The van der Waals surface area contributed by atoms with Crippen molar-refractivity contribution in [2.75, 3.05) is 53.7 Å². The molecule has 0 spiro atoms. The van der Waals surface area contributed by atoms with Gasteiger partial charge in [0.05, 0.1) is 32.5 Å². The minimum atomic E-state index is -1.79. The molecular formula is C66H90N5O16P. The Morgan fingerprint density at radius 3 is 2.00 bits per heavy atom. The van der Waals surface area contributed by atoms with Crippen molar-refractivity contribution in [1.82, 2.24) is 19.5 Å². The summed E-state index contributed by atoms with van der Waals surface area (Å²) in [4.78, 5) is 82.1. The lowest BCUT2D eigenvalue weighted by molar-refractivity contribution is -0.273. The van der Waals surface area contributed by atoms with Gasteiger partial charge in [-0.2, -0.15) is 0 Å². The van der Waals surface area contributed by atoms with E-state index in [-0.39, 0.29) is 68.1 Å². The number of methoxy groups -OCH3 is 2. The first-order valence-electron chi connectivity index (χ1n) is 30.6. The van der Waals surface area contributed by atoms with Gasteiger partial charge in [-0.05, 0) is 100 Å². The number of amides is 1. The van der Waals surface area contributed by atoms with Crippen LogP contribution >= 0.6 is 8.53 Å². The molecule has 2 aliphatic rings. The van der Waals surface area contributed by atoms with Crippen LogP contribution in [0.3, 0.4) is 0 Å². The number of ketones is 1. The summed E-state index contributed by atoms with van der Waals surface area (Å²) in [7, 11) is 1.43. The normalized spacial score (nSPS) is 20.7. The number of hydrogen-bond acceptors (Lipinski definition) is 17. The lowest BCUT2D eigenvalue weighted by atomic mass is 9.80. The summed E-state index contributed by atoms with van der Waals surface area (Å²) in [6.07, 6.45) is 6.19. The van der Waals surface area contributed by atoms with E-state index in [9.17, 15) is 28.8 Å². The van der Waals surface area contributed by atoms with Gasteiger partial charge in [-0.3, -0.25) is 33.5 Å². The number of unbranched alkanes of at least 4 members (excludes halogenated alkanes) is 5. The lowest BCUT2D eigenvalue weighted by Crippen LogP contribution is -2.53. The van der Waals surface area contributed by atoms with Gasteiger partial charge in [0.15, 0.2) is 6.29 Å². The van der Waals surface area contributed by atoms with Crippen LogP contribution in [0, 0.1) is 18.4 Å². The van der Waals surface area contributed by atoms with Crippen LogP contribution in [0.25, 0.3) is 10.9 Å². The number of benzene rings is 3. The zero-order chi connectivity index (χ0) is 63.8. The van der Waals surface area contributed by atoms with Crippen LogP contribution < -0.4 is 26.0 Å². The van der Waals surface area contributed by atoms with E-state index in [2.05, 4.69) is 19.8 Å². The van der Waals surface area contributed by atoms with Crippen molar-refractivity contribution < 1.29 is 66.1 Å². The Morgan fingerprint density at radius 2 is 1.40 bits per heavy atom. The molecule has 2 saturated heterocycles. The van der Waals surface area contributed by atoms with E-state index in [0.717, 1.165) is 42.4 Å². The molecule has 480 valence electrons. The minimum absolute atomic E-state index is 0.00919. The number of aromatic nitrogens is 2. The number of H-pyrrole nitrogens is 1. The highest BCUT2D eigenvalue weighted by molar-refractivity contribution is 7.44. The predicted molar refractivity (Wildman–Crippen MR) is 333 cm³/mol. The van der Waals surface area contributed by atoms with Crippen molar-refractivity contribution in [3.63, 3.8) is 0 Å². The van der Waals surface area contributed by atoms with Gasteiger partial charge in [-0.25, -0.2) is 16.0 Å². The van der Waals surface area contributed by atoms with E-state index < -0.39 is 80.2 Å². The zero-order valence-corrected chi connectivity index (χ0v) is 53.5. The lowest BCUT2D eigenvalue weighted by Gasteiger charge is -2.43. The highest BCUT2D eigenvalue weighted by Crippen LogP contribution is 2.51. The second kappa shape index (κ2) is 35.6. The Labute approximate surface area is 518 Å². The summed E-state index contributed by atoms with van der Waals surface area (Å²) < 4.78 is 64.9. The molecule has 2 fully saturated rings. The van der Waals surface area contributed by atoms with E-state index in [1.54, 1.807) is 14.2 Å². The fraction of sp³-hybridized carbons (Fsp3) is 0.561. The number of rotatable bonds is 36. The van der Waals surface area contributed by atoms with Crippen molar-refractivity contribution in [3.05, 3.63) is 146 Å². The molecule has 9 atom stereocenters. The van der Waals surface area contributed by atoms with Gasteiger partial charge in [0.1, 0.15) is 60.6 Å². The standard InChI is InChI=1S/C66H90N5O16P/c1-44(2)71(45(3)4)88(83-39-37-67-9)87-57-40-61(85-58(57)43-82-66(51-22-16-15-17-23-51,52-27-31-55(78-10)32-28-52)53-29-33-56(79-11)34-30-53)70-41-50(63(76)69-65(70)77)26-35-60(75)68-36-20-14-12-13-18-24-54(74)25-19-21-38-80-64-47(6)46(5)62(84-49(8)73)59(86-64)42-81-48(7)72/h15-17,22-23,26-35,41,44-47,57-59,61-62,64H,12-14,18-21,24-25,36-40,42-43H2,1-8,10-11H3,(H,68,75)(H,69,76,77)/b35-26+/t46?,47?,57?,58-,59?,61-,62?,64?,88?/m1/s1. The van der Waals surface area contributed by atoms with E-state index in [1.165, 1.54) is 36.8 Å². The number of carbonyl (C=O) groups is 4. The molecule has 0 aliphatic carbocycles. The van der Waals surface area contributed by atoms with Crippen LogP contribution in [0.2, 0.25) is 0 Å². The number of nitrogens with zero attached hydrogens (tertiary/aromatic N) is 3. The van der Waals surface area contributed by atoms with Gasteiger partial charge in [-0.1, -0.05) is 87.7 Å². The molecule has 1 aromatic heterocycles. The van der Waals surface area contributed by atoms with Crippen molar-refractivity contribution in [1.29, 1.82) is 0 Å². The molecule has 4 aromatic rings. The molecule has 22 heteroatoms. The smallest absolute Gasteiger partial charge is 0.330 e. The van der Waals surface area contributed by atoms with Gasteiger partial charge >= 0.3 is 17.6 Å². The van der Waals surface area contributed by atoms with Crippen molar-refractivity contribution in [2.45, 2.75) is 174 Å². The van der Waals surface area contributed by atoms with E-state index in [4.69, 9.17) is 53.5 Å². The van der Waals surface area contributed by atoms with Crippen molar-refractivity contribution in [2.24, 2.45) is 11.8 Å². The van der Waals surface area contributed by atoms with Gasteiger partial charge in [0.25, 0.3) is 14.1 Å². The van der Waals surface area contributed by atoms with Crippen LogP contribution in [-0.4, -0.2) is 134 Å². The molecule has 21 nitrogen and oxygen atoms in total. The number of carbonyl (C=O) groups excluding carboxylic acids is 4. The van der Waals surface area contributed by atoms with Gasteiger partial charge < -0.3 is 57.1 Å². The number of nitrogens with one attached hydrogen (secondary N) is 2. The molecule has 3 heterocycles. The average molecular weight is 1240 g/mol. The summed E-state index contributed by atoms with van der Waals surface area (Å²) >= 11 is 0. The SMILES string of the molecule is [C-]#[N+]CCOP(OC1C[C@H](n2cc(/C=C/C(=O)NCCCCCCCC(=O)CCCCOC3OC(COC(C)=O)C(OC(C)=O)C(C)C3C)c(=O)[nH]c2=O)O[C@@H]1COC(c1ccccc1)(c1ccc(OC)cc1)c1ccc(OC)cc1)N(C(C)C)C(C)C. The van der Waals surface area contributed by atoms with Crippen molar-refractivity contribution in [3.8, 4) is 11.5 Å². The van der Waals surface area contributed by atoms with Crippen LogP contribution in [0.1, 0.15) is 148 Å². The molecule has 7 unspecified atom stereocenters. The van der Waals surface area contributed by atoms with Crippen LogP contribution in [0.4, 0.5) is 0 Å². The summed E-state index contributed by atoms with van der Waals surface area (Å²) in [6, 6.07) is 25.1. The Hall–Kier alpha value is -6.60. The monoisotopic (exact) mass is 1240 g/mol. The molecule has 6 rings (SSSR count). The molecule has 1 amide bonds. The Bertz CT molecular complexity index is 2970. The zero-order valence-electron chi connectivity index (χ0n) is 52.6. The third kappa shape index (κ3) is 20.2. The number of Topliss-reactive ketones (excluding diaryl/α,β-unsaturated/α-hetero) is 1. The third-order valence-corrected chi connectivity index (χ3v) is 17.8. The van der Waals surface area contributed by atoms with E-state index in [0.29, 0.717) is 56.8 Å². The largest absolute Gasteiger partial charge is 0.497 e. The maximum absolute atomic E-state index is 13.8. The maximum atomic E-state index is 13.8. The summed E-state index contributed by atoms with van der Waals surface area (Å²) in [5.74, 6) is 0.0149. The second-order valence-corrected chi connectivity index (χ2v) is 24.1. The minimum Gasteiger partial charge on any atom is -0.497 e. The molecule has 0 radical (unpaired) electrons. The van der Waals surface area contributed by atoms with Crippen molar-refractivity contribution >= 4 is 38.2 Å². The molecule has 88 heavy (non-hydrogen) atoms. The molecule has 3 aromatic carbocycles. The van der Waals surface area contributed by atoms with Gasteiger partial charge in [0.2, 0.25) is 12.5 Å². The average Bonchev–Trinajstić information content (AvgIpc) is 1.27.